The van der Waals surface area contributed by atoms with Gasteiger partial charge in [-0.3, -0.25) is 14.4 Å². The molecule has 4 fully saturated rings. The number of carbonyl (C=O) groups excluding carboxylic acids is 4. The highest BCUT2D eigenvalue weighted by Crippen LogP contribution is 2.41. The topological polar surface area (TPSA) is 130 Å². The van der Waals surface area contributed by atoms with E-state index in [1.165, 1.54) is 6.42 Å². The molecule has 274 valence electrons. The number of likely N-dealkylation sites (tertiary alicyclic amines) is 1. The number of furan rings is 1. The van der Waals surface area contributed by atoms with E-state index >= 15 is 0 Å². The van der Waals surface area contributed by atoms with Gasteiger partial charge in [-0.1, -0.05) is 32.1 Å². The lowest BCUT2D eigenvalue weighted by atomic mass is 9.76. The number of benzene rings is 1. The van der Waals surface area contributed by atoms with Gasteiger partial charge in [0.1, 0.15) is 23.9 Å². The molecule has 50 heavy (non-hydrogen) atoms. The predicted octanol–water partition coefficient (Wildman–Crippen LogP) is 6.31. The molecule has 12 heteroatoms. The summed E-state index contributed by atoms with van der Waals surface area (Å²) in [5.74, 6) is 0.0109. The normalized spacial score (nSPS) is 25.7. The highest BCUT2D eigenvalue weighted by Gasteiger charge is 2.47. The van der Waals surface area contributed by atoms with Gasteiger partial charge in [0, 0.05) is 36.6 Å². The van der Waals surface area contributed by atoms with Crippen molar-refractivity contribution in [3.63, 3.8) is 0 Å². The maximum Gasteiger partial charge on any atom is 0.407 e. The Morgan fingerprint density at radius 2 is 1.66 bits per heavy atom. The Labute approximate surface area is 293 Å². The van der Waals surface area contributed by atoms with Crippen LogP contribution in [-0.2, 0) is 19.1 Å². The minimum atomic E-state index is -0.698. The fourth-order valence-electron chi connectivity index (χ4n) is 8.56. The number of carbonyl (C=O) groups is 4. The highest BCUT2D eigenvalue weighted by atomic mass is 19.1. The molecule has 3 atom stereocenters. The fourth-order valence-corrected chi connectivity index (χ4v) is 8.56. The summed E-state index contributed by atoms with van der Waals surface area (Å²) < 4.78 is 30.6. The van der Waals surface area contributed by atoms with E-state index in [1.807, 2.05) is 11.0 Å². The smallest absolute Gasteiger partial charge is 0.407 e. The van der Waals surface area contributed by atoms with Crippen molar-refractivity contribution < 1.29 is 37.5 Å². The molecule has 0 radical (unpaired) electrons. The van der Waals surface area contributed by atoms with Gasteiger partial charge in [-0.25, -0.2) is 9.18 Å². The monoisotopic (exact) mass is 696 g/mol. The number of ether oxygens (including phenoxy) is 2. The van der Waals surface area contributed by atoms with Crippen molar-refractivity contribution in [1.82, 2.24) is 15.1 Å². The quantitative estimate of drug-likeness (QED) is 0.331. The summed E-state index contributed by atoms with van der Waals surface area (Å²) in [5.41, 5.74) is 0.470. The number of alkyl carbamates (subject to hydrolysis) is 1. The van der Waals surface area contributed by atoms with E-state index in [-0.39, 0.29) is 41.2 Å². The Morgan fingerprint density at radius 3 is 2.34 bits per heavy atom. The van der Waals surface area contributed by atoms with Crippen LogP contribution in [0, 0.1) is 23.7 Å². The molecule has 4 aliphatic rings. The van der Waals surface area contributed by atoms with Gasteiger partial charge in [0.2, 0.25) is 11.8 Å². The van der Waals surface area contributed by atoms with E-state index in [4.69, 9.17) is 13.9 Å². The number of hydrogen-bond acceptors (Lipinski definition) is 7. The third kappa shape index (κ3) is 8.44. The molecule has 2 aliphatic heterocycles. The van der Waals surface area contributed by atoms with E-state index < -0.39 is 30.5 Å². The molecule has 6 rings (SSSR count). The van der Waals surface area contributed by atoms with E-state index in [1.54, 1.807) is 43.9 Å². The summed E-state index contributed by atoms with van der Waals surface area (Å²) in [6.45, 7) is 7.17. The first kappa shape index (κ1) is 36.1. The highest BCUT2D eigenvalue weighted by molar-refractivity contribution is 6.01. The second kappa shape index (κ2) is 15.7. The minimum Gasteiger partial charge on any atom is -0.451 e. The molecule has 1 unspecified atom stereocenters. The maximum atomic E-state index is 14.2. The van der Waals surface area contributed by atoms with Gasteiger partial charge in [0.25, 0.3) is 5.91 Å². The molecular weight excluding hydrogens is 643 g/mol. The molecule has 2 aliphatic carbocycles. The standard InChI is InChI=1S/C38H53FN4O7/c1-38(2,3)50-37(47)41-30(23-39)25-9-11-26(12-10-25)35(45)43-16-15-29(24-7-5-4-6-8-24)33(43)34(44)40-28-13-14-31-27(21-28)22-32(49-31)36(46)42-17-19-48-20-18-42/h13-14,21-22,24-26,29-30,33H,4-12,15-20,23H2,1-3H3,(H,40,44)(H,41,47)/t25?,26?,29-,30?,33-/m0/s1. The summed E-state index contributed by atoms with van der Waals surface area (Å²) in [5, 5.41) is 6.53. The zero-order valence-electron chi connectivity index (χ0n) is 29.7. The van der Waals surface area contributed by atoms with Gasteiger partial charge in [-0.2, -0.15) is 0 Å². The number of anilines is 1. The van der Waals surface area contributed by atoms with Crippen LogP contribution in [0.2, 0.25) is 0 Å². The Balaban J connectivity index is 1.13. The van der Waals surface area contributed by atoms with Crippen LogP contribution in [0.15, 0.2) is 28.7 Å². The van der Waals surface area contributed by atoms with Crippen molar-refractivity contribution >= 4 is 40.5 Å². The Morgan fingerprint density at radius 1 is 0.940 bits per heavy atom. The lowest BCUT2D eigenvalue weighted by Crippen LogP contribution is -2.50. The summed E-state index contributed by atoms with van der Waals surface area (Å²) in [6, 6.07) is 5.83. The molecule has 1 aromatic carbocycles. The molecule has 0 spiro atoms. The minimum absolute atomic E-state index is 0.00429. The number of nitrogens with zero attached hydrogens (tertiary/aromatic N) is 2. The number of halogens is 1. The van der Waals surface area contributed by atoms with Crippen LogP contribution in [0.25, 0.3) is 11.0 Å². The van der Waals surface area contributed by atoms with E-state index in [0.717, 1.165) is 32.1 Å². The van der Waals surface area contributed by atoms with Crippen molar-refractivity contribution in [3.8, 4) is 0 Å². The number of hydrogen-bond donors (Lipinski definition) is 2. The number of fused-ring (bicyclic) bond motifs is 1. The lowest BCUT2D eigenvalue weighted by Gasteiger charge is -2.37. The van der Waals surface area contributed by atoms with Gasteiger partial charge in [0.15, 0.2) is 5.76 Å². The summed E-state index contributed by atoms with van der Waals surface area (Å²) in [4.78, 5) is 57.3. The van der Waals surface area contributed by atoms with Crippen LogP contribution >= 0.6 is 0 Å². The maximum absolute atomic E-state index is 14.2. The molecule has 1 aromatic heterocycles. The van der Waals surface area contributed by atoms with Gasteiger partial charge in [0.05, 0.1) is 19.3 Å². The SMILES string of the molecule is CC(C)(C)OC(=O)NC(CF)C1CCC(C(=O)N2CC[C@@H](C3CCCCC3)[C@H]2C(=O)Nc2ccc3oc(C(=O)N4CCOCC4)cc3c2)CC1. The summed E-state index contributed by atoms with van der Waals surface area (Å²) in [7, 11) is 0. The number of amides is 4. The van der Waals surface area contributed by atoms with Gasteiger partial charge in [-0.05, 0) is 94.9 Å². The summed E-state index contributed by atoms with van der Waals surface area (Å²) >= 11 is 0. The van der Waals surface area contributed by atoms with Crippen molar-refractivity contribution in [2.24, 2.45) is 23.7 Å². The van der Waals surface area contributed by atoms with Crippen LogP contribution in [0.4, 0.5) is 14.9 Å². The largest absolute Gasteiger partial charge is 0.451 e. The molecule has 2 aromatic rings. The third-order valence-electron chi connectivity index (χ3n) is 11.1. The number of alkyl halides is 1. The number of morpholine rings is 1. The van der Waals surface area contributed by atoms with E-state index in [0.29, 0.717) is 81.1 Å². The average Bonchev–Trinajstić information content (AvgIpc) is 3.75. The van der Waals surface area contributed by atoms with Crippen LogP contribution in [0.3, 0.4) is 0 Å². The van der Waals surface area contributed by atoms with Crippen molar-refractivity contribution in [2.75, 3.05) is 44.8 Å². The zero-order chi connectivity index (χ0) is 35.4. The van der Waals surface area contributed by atoms with Crippen molar-refractivity contribution in [3.05, 3.63) is 30.0 Å². The van der Waals surface area contributed by atoms with Crippen LogP contribution in [0.1, 0.15) is 95.5 Å². The Bertz CT molecular complexity index is 1520. The second-order valence-electron chi connectivity index (χ2n) is 15.6. The lowest BCUT2D eigenvalue weighted by molar-refractivity contribution is -0.142. The van der Waals surface area contributed by atoms with Crippen molar-refractivity contribution in [2.45, 2.75) is 103 Å². The van der Waals surface area contributed by atoms with Crippen molar-refractivity contribution in [1.29, 1.82) is 0 Å². The average molecular weight is 697 g/mol. The predicted molar refractivity (Wildman–Crippen MR) is 186 cm³/mol. The molecular formula is C38H53FN4O7. The first-order chi connectivity index (χ1) is 24.0. The van der Waals surface area contributed by atoms with Gasteiger partial charge < -0.3 is 34.3 Å². The molecule has 3 heterocycles. The fraction of sp³-hybridized carbons (Fsp3) is 0.684. The van der Waals surface area contributed by atoms with Crippen LogP contribution in [0.5, 0.6) is 0 Å². The first-order valence-corrected chi connectivity index (χ1v) is 18.6. The van der Waals surface area contributed by atoms with Gasteiger partial charge in [-0.15, -0.1) is 0 Å². The Hall–Kier alpha value is -3.67. The van der Waals surface area contributed by atoms with E-state index in [9.17, 15) is 23.6 Å². The number of nitrogens with one attached hydrogen (secondary N) is 2. The first-order valence-electron chi connectivity index (χ1n) is 18.6. The molecule has 4 amide bonds. The number of rotatable bonds is 8. The van der Waals surface area contributed by atoms with Gasteiger partial charge >= 0.3 is 6.09 Å². The molecule has 0 bridgehead atoms. The van der Waals surface area contributed by atoms with Crippen LogP contribution in [-0.4, -0.2) is 90.8 Å². The molecule has 2 N–H and O–H groups in total. The molecule has 11 nitrogen and oxygen atoms in total. The zero-order valence-corrected chi connectivity index (χ0v) is 29.7. The van der Waals surface area contributed by atoms with E-state index in [2.05, 4.69) is 10.6 Å². The molecule has 2 saturated heterocycles. The second-order valence-corrected chi connectivity index (χ2v) is 15.6. The third-order valence-corrected chi connectivity index (χ3v) is 11.1. The summed E-state index contributed by atoms with van der Waals surface area (Å²) in [6.07, 6.45) is 8.16. The van der Waals surface area contributed by atoms with Crippen LogP contribution < -0.4 is 10.6 Å². The Kier molecular flexibility index (Phi) is 11.3. The molecule has 2 saturated carbocycles.